The molecule has 0 aromatic heterocycles. The van der Waals surface area contributed by atoms with Crippen LogP contribution in [0.25, 0.3) is 0 Å². The zero-order valence-electron chi connectivity index (χ0n) is 5.54. The van der Waals surface area contributed by atoms with Crippen LogP contribution in [0.4, 0.5) is 11.4 Å². The van der Waals surface area contributed by atoms with Crippen molar-refractivity contribution in [1.82, 2.24) is 0 Å². The Morgan fingerprint density at radius 1 is 1.10 bits per heavy atom. The van der Waals surface area contributed by atoms with Gasteiger partial charge in [0.15, 0.2) is 0 Å². The molecule has 3 heteroatoms. The van der Waals surface area contributed by atoms with Crippen LogP contribution in [-0.4, -0.2) is 5.11 Å². The molecule has 0 aliphatic carbocycles. The summed E-state index contributed by atoms with van der Waals surface area (Å²) in [4.78, 5) is 0. The number of hydrogen-bond acceptors (Lipinski definition) is 3. The minimum atomic E-state index is -0.0186. The summed E-state index contributed by atoms with van der Waals surface area (Å²) in [6.45, 7) is -0.0186. The van der Waals surface area contributed by atoms with Crippen molar-refractivity contribution < 1.29 is 5.11 Å². The van der Waals surface area contributed by atoms with E-state index in [4.69, 9.17) is 16.6 Å². The lowest BCUT2D eigenvalue weighted by Gasteiger charge is -1.99. The average Bonchev–Trinajstić information content (AvgIpc) is 1.85. The fourth-order valence-corrected chi connectivity index (χ4v) is 0.837. The van der Waals surface area contributed by atoms with Gasteiger partial charge in [-0.2, -0.15) is 0 Å². The molecule has 0 aliphatic heterocycles. The van der Waals surface area contributed by atoms with E-state index in [2.05, 4.69) is 0 Å². The summed E-state index contributed by atoms with van der Waals surface area (Å²) in [5.74, 6) is 0. The van der Waals surface area contributed by atoms with Crippen molar-refractivity contribution in [2.24, 2.45) is 0 Å². The van der Waals surface area contributed by atoms with Crippen molar-refractivity contribution in [3.8, 4) is 0 Å². The van der Waals surface area contributed by atoms with Gasteiger partial charge in [-0.25, -0.2) is 0 Å². The normalized spacial score (nSPS) is 9.70. The summed E-state index contributed by atoms with van der Waals surface area (Å²) >= 11 is 0. The number of nitrogens with two attached hydrogens (primary N) is 2. The van der Waals surface area contributed by atoms with Crippen LogP contribution in [0.3, 0.4) is 0 Å². The first-order valence-corrected chi connectivity index (χ1v) is 2.98. The molecule has 10 heavy (non-hydrogen) atoms. The minimum Gasteiger partial charge on any atom is -0.399 e. The van der Waals surface area contributed by atoms with Gasteiger partial charge in [0.1, 0.15) is 0 Å². The number of nitrogen functional groups attached to an aromatic ring is 2. The van der Waals surface area contributed by atoms with E-state index in [1.54, 1.807) is 18.2 Å². The summed E-state index contributed by atoms with van der Waals surface area (Å²) < 4.78 is 0. The molecule has 0 heterocycles. The maximum absolute atomic E-state index is 8.68. The van der Waals surface area contributed by atoms with Gasteiger partial charge in [0, 0.05) is 11.4 Å². The molecule has 0 saturated carbocycles. The molecule has 0 amide bonds. The lowest BCUT2D eigenvalue weighted by Crippen LogP contribution is -1.93. The van der Waals surface area contributed by atoms with E-state index < -0.39 is 0 Å². The second kappa shape index (κ2) is 2.58. The van der Waals surface area contributed by atoms with E-state index in [0.29, 0.717) is 11.4 Å². The van der Waals surface area contributed by atoms with Crippen molar-refractivity contribution in [2.75, 3.05) is 11.5 Å². The topological polar surface area (TPSA) is 72.3 Å². The molecular weight excluding hydrogens is 128 g/mol. The first kappa shape index (κ1) is 6.89. The zero-order chi connectivity index (χ0) is 7.56. The van der Waals surface area contributed by atoms with E-state index in [0.717, 1.165) is 5.56 Å². The van der Waals surface area contributed by atoms with E-state index >= 15 is 0 Å². The predicted molar refractivity (Wildman–Crippen MR) is 41.2 cm³/mol. The number of anilines is 2. The highest BCUT2D eigenvalue weighted by molar-refractivity contribution is 5.54. The third kappa shape index (κ3) is 1.39. The molecule has 54 valence electrons. The van der Waals surface area contributed by atoms with Gasteiger partial charge in [-0.15, -0.1) is 0 Å². The van der Waals surface area contributed by atoms with Gasteiger partial charge in [0.05, 0.1) is 6.61 Å². The summed E-state index contributed by atoms with van der Waals surface area (Å²) in [5, 5.41) is 8.68. The van der Waals surface area contributed by atoms with Crippen molar-refractivity contribution in [1.29, 1.82) is 0 Å². The van der Waals surface area contributed by atoms with Crippen LogP contribution in [0, 0.1) is 0 Å². The van der Waals surface area contributed by atoms with Crippen LogP contribution in [-0.2, 0) is 6.61 Å². The molecule has 0 radical (unpaired) electrons. The van der Waals surface area contributed by atoms with Gasteiger partial charge in [-0.05, 0) is 23.8 Å². The van der Waals surface area contributed by atoms with Crippen LogP contribution in [0.5, 0.6) is 0 Å². The Morgan fingerprint density at radius 3 is 2.00 bits per heavy atom. The van der Waals surface area contributed by atoms with Gasteiger partial charge >= 0.3 is 0 Å². The molecule has 0 bridgehead atoms. The van der Waals surface area contributed by atoms with Crippen LogP contribution >= 0.6 is 0 Å². The molecule has 0 unspecified atom stereocenters. The monoisotopic (exact) mass is 138 g/mol. The van der Waals surface area contributed by atoms with Crippen molar-refractivity contribution >= 4 is 11.4 Å². The fourth-order valence-electron chi connectivity index (χ4n) is 0.837. The van der Waals surface area contributed by atoms with Gasteiger partial charge < -0.3 is 16.6 Å². The van der Waals surface area contributed by atoms with E-state index in [1.165, 1.54) is 0 Å². The van der Waals surface area contributed by atoms with Gasteiger partial charge in [-0.3, -0.25) is 0 Å². The van der Waals surface area contributed by atoms with Gasteiger partial charge in [0.25, 0.3) is 0 Å². The molecule has 1 rings (SSSR count). The summed E-state index contributed by atoms with van der Waals surface area (Å²) in [7, 11) is 0. The number of benzene rings is 1. The molecule has 1 aromatic rings. The number of hydrogen-bond donors (Lipinski definition) is 3. The molecule has 5 N–H and O–H groups in total. The SMILES string of the molecule is Nc1cc(N)cc(CO)c1. The average molecular weight is 138 g/mol. The van der Waals surface area contributed by atoms with Crippen LogP contribution in [0.15, 0.2) is 18.2 Å². The third-order valence-electron chi connectivity index (χ3n) is 1.22. The summed E-state index contributed by atoms with van der Waals surface area (Å²) in [6, 6.07) is 5.03. The Balaban J connectivity index is 3.06. The van der Waals surface area contributed by atoms with E-state index in [1.807, 2.05) is 0 Å². The maximum atomic E-state index is 8.68. The highest BCUT2D eigenvalue weighted by Gasteiger charge is 1.93. The Morgan fingerprint density at radius 2 is 1.60 bits per heavy atom. The van der Waals surface area contributed by atoms with Crippen LogP contribution in [0.2, 0.25) is 0 Å². The second-order valence-corrected chi connectivity index (χ2v) is 2.17. The first-order chi connectivity index (χ1) is 4.72. The Kier molecular flexibility index (Phi) is 1.78. The largest absolute Gasteiger partial charge is 0.399 e. The molecule has 0 atom stereocenters. The molecular formula is C7H10N2O. The molecule has 3 nitrogen and oxygen atoms in total. The third-order valence-corrected chi connectivity index (χ3v) is 1.22. The lowest BCUT2D eigenvalue weighted by molar-refractivity contribution is 0.282. The molecule has 0 saturated heterocycles. The van der Waals surface area contributed by atoms with Crippen molar-refractivity contribution in [3.63, 3.8) is 0 Å². The summed E-state index contributed by atoms with van der Waals surface area (Å²) in [6.07, 6.45) is 0. The second-order valence-electron chi connectivity index (χ2n) is 2.17. The maximum Gasteiger partial charge on any atom is 0.0683 e. The highest BCUT2D eigenvalue weighted by Crippen LogP contribution is 2.12. The molecule has 0 spiro atoms. The quantitative estimate of drug-likeness (QED) is 0.490. The van der Waals surface area contributed by atoms with Crippen molar-refractivity contribution in [2.45, 2.75) is 6.61 Å². The smallest absolute Gasteiger partial charge is 0.0683 e. The van der Waals surface area contributed by atoms with Crippen LogP contribution in [0.1, 0.15) is 5.56 Å². The Labute approximate surface area is 59.3 Å². The molecule has 1 aromatic carbocycles. The molecule has 0 fully saturated rings. The Bertz CT molecular complexity index is 215. The zero-order valence-corrected chi connectivity index (χ0v) is 5.54. The number of aliphatic hydroxyl groups excluding tert-OH is 1. The highest BCUT2D eigenvalue weighted by atomic mass is 16.3. The predicted octanol–water partition coefficient (Wildman–Crippen LogP) is 0.343. The molecule has 0 aliphatic rings. The van der Waals surface area contributed by atoms with Crippen LogP contribution < -0.4 is 11.5 Å². The Hall–Kier alpha value is -1.22. The number of rotatable bonds is 1. The van der Waals surface area contributed by atoms with Crippen molar-refractivity contribution in [3.05, 3.63) is 23.8 Å². The lowest BCUT2D eigenvalue weighted by atomic mass is 10.2. The first-order valence-electron chi connectivity index (χ1n) is 2.98. The van der Waals surface area contributed by atoms with Gasteiger partial charge in [0.2, 0.25) is 0 Å². The number of aliphatic hydroxyl groups is 1. The minimum absolute atomic E-state index is 0.0186. The summed E-state index contributed by atoms with van der Waals surface area (Å²) in [5.41, 5.74) is 12.8. The standard InChI is InChI=1S/C7H10N2O/c8-6-1-5(4-10)2-7(9)3-6/h1-3,10H,4,8-9H2. The van der Waals surface area contributed by atoms with E-state index in [9.17, 15) is 0 Å². The van der Waals surface area contributed by atoms with E-state index in [-0.39, 0.29) is 6.61 Å². The fraction of sp³-hybridized carbons (Fsp3) is 0.143. The van der Waals surface area contributed by atoms with Gasteiger partial charge in [-0.1, -0.05) is 0 Å².